The molecular formula is C14H22ClN3O2. The first-order chi connectivity index (χ1) is 9.54. The number of halogens is 1. The molecule has 0 amide bonds. The topological polar surface area (TPSA) is 71.1 Å². The van der Waals surface area contributed by atoms with E-state index in [0.29, 0.717) is 23.7 Å². The maximum absolute atomic E-state index is 8.92. The summed E-state index contributed by atoms with van der Waals surface area (Å²) in [6.07, 6.45) is 0.964. The van der Waals surface area contributed by atoms with E-state index in [4.69, 9.17) is 27.3 Å². The lowest BCUT2D eigenvalue weighted by Gasteiger charge is -2.32. The standard InChI is InChI=1S/C14H22ClN3O2/c1-4-10(2)18(7-8-20-3)13-9-11(15)5-6-12(13)14(16)17-19/h5-6,9-10,19H,4,7-8H2,1-3H3,(H2,16,17). The van der Waals surface area contributed by atoms with E-state index >= 15 is 0 Å². The van der Waals surface area contributed by atoms with Crippen LogP contribution in [0, 0.1) is 0 Å². The summed E-state index contributed by atoms with van der Waals surface area (Å²) in [6.45, 7) is 5.52. The number of rotatable bonds is 7. The van der Waals surface area contributed by atoms with Gasteiger partial charge in [-0.15, -0.1) is 0 Å². The second-order valence-corrected chi connectivity index (χ2v) is 5.03. The van der Waals surface area contributed by atoms with Gasteiger partial charge < -0.3 is 20.6 Å². The van der Waals surface area contributed by atoms with E-state index in [0.717, 1.165) is 12.1 Å². The first kappa shape index (κ1) is 16.6. The van der Waals surface area contributed by atoms with Crippen LogP contribution in [0.2, 0.25) is 5.02 Å². The van der Waals surface area contributed by atoms with Gasteiger partial charge >= 0.3 is 0 Å². The van der Waals surface area contributed by atoms with Crippen molar-refractivity contribution >= 4 is 23.1 Å². The molecule has 0 spiro atoms. The van der Waals surface area contributed by atoms with Gasteiger partial charge in [-0.2, -0.15) is 0 Å². The molecule has 0 fully saturated rings. The maximum atomic E-state index is 8.92. The van der Waals surface area contributed by atoms with Crippen LogP contribution in [0.5, 0.6) is 0 Å². The van der Waals surface area contributed by atoms with Crippen LogP contribution in [0.25, 0.3) is 0 Å². The van der Waals surface area contributed by atoms with Crippen LogP contribution in [-0.2, 0) is 4.74 Å². The van der Waals surface area contributed by atoms with Gasteiger partial charge in [0.05, 0.1) is 6.61 Å². The van der Waals surface area contributed by atoms with E-state index in [9.17, 15) is 0 Å². The predicted octanol–water partition coefficient (Wildman–Crippen LogP) is 2.69. The molecule has 20 heavy (non-hydrogen) atoms. The SMILES string of the molecule is CCC(C)N(CCOC)c1cc(Cl)ccc1C(N)=NO. The molecule has 1 aromatic carbocycles. The van der Waals surface area contributed by atoms with Crippen molar-refractivity contribution in [1.29, 1.82) is 0 Å². The summed E-state index contributed by atoms with van der Waals surface area (Å²) < 4.78 is 5.16. The van der Waals surface area contributed by atoms with Gasteiger partial charge in [0.1, 0.15) is 0 Å². The Morgan fingerprint density at radius 1 is 1.55 bits per heavy atom. The van der Waals surface area contributed by atoms with E-state index < -0.39 is 0 Å². The molecule has 6 heteroatoms. The molecule has 0 aromatic heterocycles. The van der Waals surface area contributed by atoms with E-state index in [-0.39, 0.29) is 11.9 Å². The van der Waals surface area contributed by atoms with Crippen molar-refractivity contribution in [3.8, 4) is 0 Å². The van der Waals surface area contributed by atoms with Gasteiger partial charge in [-0.25, -0.2) is 0 Å². The van der Waals surface area contributed by atoms with Crippen molar-refractivity contribution in [2.24, 2.45) is 10.9 Å². The molecule has 0 saturated carbocycles. The van der Waals surface area contributed by atoms with Gasteiger partial charge in [0, 0.05) is 36.0 Å². The zero-order valence-corrected chi connectivity index (χ0v) is 12.9. The Hall–Kier alpha value is -1.46. The third-order valence-electron chi connectivity index (χ3n) is 3.31. The zero-order valence-electron chi connectivity index (χ0n) is 12.1. The molecule has 0 heterocycles. The molecule has 0 aliphatic carbocycles. The molecule has 1 aromatic rings. The number of anilines is 1. The van der Waals surface area contributed by atoms with Gasteiger partial charge in [0.25, 0.3) is 0 Å². The lowest BCUT2D eigenvalue weighted by atomic mass is 10.1. The largest absolute Gasteiger partial charge is 0.409 e. The second-order valence-electron chi connectivity index (χ2n) is 4.59. The van der Waals surface area contributed by atoms with Gasteiger partial charge in [-0.05, 0) is 31.5 Å². The molecular weight excluding hydrogens is 278 g/mol. The summed E-state index contributed by atoms with van der Waals surface area (Å²) >= 11 is 6.09. The number of benzene rings is 1. The molecule has 0 aliphatic rings. The number of nitrogens with zero attached hydrogens (tertiary/aromatic N) is 2. The molecule has 0 saturated heterocycles. The highest BCUT2D eigenvalue weighted by Crippen LogP contribution is 2.27. The van der Waals surface area contributed by atoms with E-state index in [1.807, 2.05) is 6.07 Å². The monoisotopic (exact) mass is 299 g/mol. The highest BCUT2D eigenvalue weighted by molar-refractivity contribution is 6.31. The van der Waals surface area contributed by atoms with E-state index in [1.165, 1.54) is 0 Å². The molecule has 1 rings (SSSR count). The summed E-state index contributed by atoms with van der Waals surface area (Å²) in [7, 11) is 1.66. The summed E-state index contributed by atoms with van der Waals surface area (Å²) in [4.78, 5) is 2.16. The molecule has 1 atom stereocenters. The molecule has 3 N–H and O–H groups in total. The second kappa shape index (κ2) is 7.97. The van der Waals surface area contributed by atoms with Crippen LogP contribution in [-0.4, -0.2) is 37.3 Å². The normalized spacial score (nSPS) is 13.3. The zero-order chi connectivity index (χ0) is 15.1. The number of methoxy groups -OCH3 is 1. The average molecular weight is 300 g/mol. The Bertz CT molecular complexity index is 466. The van der Waals surface area contributed by atoms with E-state index in [2.05, 4.69) is 23.9 Å². The Balaban J connectivity index is 3.25. The van der Waals surface area contributed by atoms with Gasteiger partial charge in [0.2, 0.25) is 0 Å². The minimum absolute atomic E-state index is 0.0717. The highest BCUT2D eigenvalue weighted by atomic mass is 35.5. The van der Waals surface area contributed by atoms with Crippen molar-refractivity contribution < 1.29 is 9.94 Å². The van der Waals surface area contributed by atoms with Crippen LogP contribution in [0.15, 0.2) is 23.4 Å². The van der Waals surface area contributed by atoms with Gasteiger partial charge in [-0.1, -0.05) is 23.7 Å². The van der Waals surface area contributed by atoms with Crippen LogP contribution in [0.1, 0.15) is 25.8 Å². The Morgan fingerprint density at radius 2 is 2.25 bits per heavy atom. The van der Waals surface area contributed by atoms with Crippen LogP contribution in [0.4, 0.5) is 5.69 Å². The molecule has 0 bridgehead atoms. The minimum Gasteiger partial charge on any atom is -0.409 e. The third-order valence-corrected chi connectivity index (χ3v) is 3.55. The summed E-state index contributed by atoms with van der Waals surface area (Å²) in [6, 6.07) is 5.60. The summed E-state index contributed by atoms with van der Waals surface area (Å²) in [5.74, 6) is 0.0717. The molecule has 0 radical (unpaired) electrons. The van der Waals surface area contributed by atoms with Crippen molar-refractivity contribution in [3.63, 3.8) is 0 Å². The maximum Gasteiger partial charge on any atom is 0.172 e. The lowest BCUT2D eigenvalue weighted by Crippen LogP contribution is -2.37. The third kappa shape index (κ3) is 4.02. The van der Waals surface area contributed by atoms with Crippen LogP contribution >= 0.6 is 11.6 Å². The molecule has 1 unspecified atom stereocenters. The van der Waals surface area contributed by atoms with Gasteiger partial charge in [-0.3, -0.25) is 0 Å². The fraction of sp³-hybridized carbons (Fsp3) is 0.500. The van der Waals surface area contributed by atoms with Crippen LogP contribution in [0.3, 0.4) is 0 Å². The number of hydrogen-bond acceptors (Lipinski definition) is 4. The van der Waals surface area contributed by atoms with Crippen molar-refractivity contribution in [3.05, 3.63) is 28.8 Å². The predicted molar refractivity (Wildman–Crippen MR) is 82.9 cm³/mol. The number of nitrogens with two attached hydrogens (primary N) is 1. The van der Waals surface area contributed by atoms with Gasteiger partial charge in [0.15, 0.2) is 5.84 Å². The summed E-state index contributed by atoms with van der Waals surface area (Å²) in [5.41, 5.74) is 7.26. The average Bonchev–Trinajstić information content (AvgIpc) is 2.46. The molecule has 5 nitrogen and oxygen atoms in total. The fourth-order valence-electron chi connectivity index (χ4n) is 2.00. The smallest absolute Gasteiger partial charge is 0.172 e. The van der Waals surface area contributed by atoms with Crippen LogP contribution < -0.4 is 10.6 Å². The highest BCUT2D eigenvalue weighted by Gasteiger charge is 2.18. The van der Waals surface area contributed by atoms with Crippen molar-refractivity contribution in [1.82, 2.24) is 0 Å². The Labute approximate surface area is 125 Å². The molecule has 0 aliphatic heterocycles. The first-order valence-electron chi connectivity index (χ1n) is 6.58. The number of hydrogen-bond donors (Lipinski definition) is 2. The molecule has 112 valence electrons. The first-order valence-corrected chi connectivity index (χ1v) is 6.95. The van der Waals surface area contributed by atoms with Crippen molar-refractivity contribution in [2.75, 3.05) is 25.2 Å². The van der Waals surface area contributed by atoms with Crippen molar-refractivity contribution in [2.45, 2.75) is 26.3 Å². The minimum atomic E-state index is 0.0717. The Morgan fingerprint density at radius 3 is 2.80 bits per heavy atom. The quantitative estimate of drug-likeness (QED) is 0.351. The number of ether oxygens (including phenoxy) is 1. The van der Waals surface area contributed by atoms with E-state index in [1.54, 1.807) is 19.2 Å². The lowest BCUT2D eigenvalue weighted by molar-refractivity contribution is 0.203. The number of amidine groups is 1. The summed E-state index contributed by atoms with van der Waals surface area (Å²) in [5, 5.41) is 12.6. The fourth-order valence-corrected chi connectivity index (χ4v) is 2.17. The Kier molecular flexibility index (Phi) is 6.61. The number of oxime groups is 1.